The number of methoxy groups -OCH3 is 2. The average Bonchev–Trinajstić information content (AvgIpc) is 2.74. The Morgan fingerprint density at radius 3 is 1.43 bits per heavy atom. The van der Waals surface area contributed by atoms with Gasteiger partial charge in [-0.2, -0.15) is 0 Å². The van der Waals surface area contributed by atoms with Crippen LogP contribution in [-0.4, -0.2) is 26.5 Å². The first-order valence-electron chi connectivity index (χ1n) is 9.06. The summed E-state index contributed by atoms with van der Waals surface area (Å²) in [6.07, 6.45) is -0.217. The van der Waals surface area contributed by atoms with Crippen molar-refractivity contribution in [1.82, 2.24) is 0 Å². The summed E-state index contributed by atoms with van der Waals surface area (Å²) in [5.41, 5.74) is 1.91. The lowest BCUT2D eigenvalue weighted by atomic mass is 9.93. The number of hydrogen-bond acceptors (Lipinski definition) is 6. The normalized spacial score (nSPS) is 10.7. The molecule has 0 aliphatic heterocycles. The topological polar surface area (TPSA) is 71.1 Å². The van der Waals surface area contributed by atoms with Crippen molar-refractivity contribution >= 4 is 33.9 Å². The lowest BCUT2D eigenvalue weighted by Crippen LogP contribution is -2.11. The van der Waals surface area contributed by atoms with Crippen LogP contribution in [0.2, 0.25) is 0 Å². The van der Waals surface area contributed by atoms with Gasteiger partial charge >= 0.3 is 12.3 Å². The van der Waals surface area contributed by atoms with Gasteiger partial charge in [0.1, 0.15) is 0 Å². The molecule has 0 aliphatic rings. The first-order chi connectivity index (χ1) is 13.5. The minimum Gasteiger partial charge on any atom is -0.437 e. The smallest absolute Gasteiger partial charge is 0.437 e. The van der Waals surface area contributed by atoms with Gasteiger partial charge in [0.15, 0.2) is 11.5 Å². The van der Waals surface area contributed by atoms with E-state index < -0.39 is 12.3 Å². The third-order valence-corrected chi connectivity index (χ3v) is 4.71. The summed E-state index contributed by atoms with van der Waals surface area (Å²) in [7, 11) is 2.53. The highest BCUT2D eigenvalue weighted by atomic mass is 16.7. The molecule has 0 N–H and O–H groups in total. The highest BCUT2D eigenvalue weighted by Crippen LogP contribution is 2.46. The maximum atomic E-state index is 12.0. The minimum atomic E-state index is -0.808. The molecule has 0 unspecified atom stereocenters. The highest BCUT2D eigenvalue weighted by molar-refractivity contribution is 6.14. The zero-order chi connectivity index (χ0) is 20.3. The fourth-order valence-electron chi connectivity index (χ4n) is 3.44. The second-order valence-corrected chi connectivity index (χ2v) is 6.16. The van der Waals surface area contributed by atoms with E-state index in [2.05, 4.69) is 0 Å². The number of hydrogen-bond donors (Lipinski definition) is 0. The molecular weight excluding hydrogens is 360 g/mol. The van der Waals surface area contributed by atoms with E-state index in [4.69, 9.17) is 18.9 Å². The van der Waals surface area contributed by atoms with Gasteiger partial charge in [0.05, 0.1) is 14.2 Å². The van der Waals surface area contributed by atoms with Crippen LogP contribution in [0.4, 0.5) is 9.59 Å². The van der Waals surface area contributed by atoms with Crippen LogP contribution in [-0.2, 0) is 22.3 Å². The summed E-state index contributed by atoms with van der Waals surface area (Å²) in [5.74, 6) is 0.781. The maximum Gasteiger partial charge on any atom is 0.513 e. The van der Waals surface area contributed by atoms with Gasteiger partial charge < -0.3 is 18.9 Å². The van der Waals surface area contributed by atoms with Gasteiger partial charge in [0.25, 0.3) is 0 Å². The molecule has 6 nitrogen and oxygen atoms in total. The van der Waals surface area contributed by atoms with Crippen LogP contribution in [0.3, 0.4) is 0 Å². The number of rotatable bonds is 4. The number of carbonyl (C=O) groups is 2. The third kappa shape index (κ3) is 3.33. The molecule has 0 saturated carbocycles. The van der Waals surface area contributed by atoms with Gasteiger partial charge in [-0.1, -0.05) is 50.2 Å². The quantitative estimate of drug-likeness (QED) is 0.341. The van der Waals surface area contributed by atoms with Crippen LogP contribution in [0.1, 0.15) is 25.0 Å². The Kier molecular flexibility index (Phi) is 5.68. The molecule has 3 aromatic carbocycles. The molecule has 0 heterocycles. The Bertz CT molecular complexity index is 969. The van der Waals surface area contributed by atoms with Crippen molar-refractivity contribution in [1.29, 1.82) is 0 Å². The summed E-state index contributed by atoms with van der Waals surface area (Å²) in [6.45, 7) is 4.01. The van der Waals surface area contributed by atoms with E-state index in [9.17, 15) is 9.59 Å². The molecule has 3 rings (SSSR count). The van der Waals surface area contributed by atoms with E-state index in [0.29, 0.717) is 45.9 Å². The van der Waals surface area contributed by atoms with Crippen molar-refractivity contribution in [3.63, 3.8) is 0 Å². The van der Waals surface area contributed by atoms with E-state index in [1.165, 1.54) is 14.2 Å². The number of carbonyl (C=O) groups excluding carboxylic acids is 2. The molecule has 0 fully saturated rings. The molecule has 0 radical (unpaired) electrons. The molecule has 0 atom stereocenters. The number of aryl methyl sites for hydroxylation is 2. The second-order valence-electron chi connectivity index (χ2n) is 6.16. The van der Waals surface area contributed by atoms with Gasteiger partial charge in [-0.05, 0) is 24.0 Å². The van der Waals surface area contributed by atoms with Crippen molar-refractivity contribution in [3.05, 3.63) is 47.5 Å². The first kappa shape index (κ1) is 19.5. The number of fused-ring (bicyclic) bond motifs is 2. The Balaban J connectivity index is 2.53. The fourth-order valence-corrected chi connectivity index (χ4v) is 3.44. The molecule has 6 heteroatoms. The van der Waals surface area contributed by atoms with Gasteiger partial charge in [0.2, 0.25) is 0 Å². The van der Waals surface area contributed by atoms with Crippen molar-refractivity contribution < 1.29 is 28.5 Å². The van der Waals surface area contributed by atoms with Crippen LogP contribution in [0.15, 0.2) is 36.4 Å². The van der Waals surface area contributed by atoms with Crippen LogP contribution in [0.25, 0.3) is 21.5 Å². The molecule has 0 aliphatic carbocycles. The van der Waals surface area contributed by atoms with Crippen LogP contribution in [0, 0.1) is 0 Å². The van der Waals surface area contributed by atoms with Gasteiger partial charge in [0, 0.05) is 21.5 Å². The summed E-state index contributed by atoms with van der Waals surface area (Å²) in [6, 6.07) is 11.3. The van der Waals surface area contributed by atoms with Crippen molar-refractivity contribution in [2.24, 2.45) is 0 Å². The summed E-state index contributed by atoms with van der Waals surface area (Å²) in [4.78, 5) is 24.0. The summed E-state index contributed by atoms with van der Waals surface area (Å²) in [5, 5.41) is 2.74. The van der Waals surface area contributed by atoms with Crippen LogP contribution >= 0.6 is 0 Å². The first-order valence-corrected chi connectivity index (χ1v) is 9.06. The van der Waals surface area contributed by atoms with Crippen molar-refractivity contribution in [2.45, 2.75) is 26.7 Å². The van der Waals surface area contributed by atoms with Gasteiger partial charge in [-0.25, -0.2) is 9.59 Å². The molecule has 0 aromatic heterocycles. The van der Waals surface area contributed by atoms with Crippen molar-refractivity contribution in [2.75, 3.05) is 14.2 Å². The fraction of sp³-hybridized carbons (Fsp3) is 0.273. The van der Waals surface area contributed by atoms with E-state index >= 15 is 0 Å². The summed E-state index contributed by atoms with van der Waals surface area (Å²) < 4.78 is 20.6. The highest BCUT2D eigenvalue weighted by Gasteiger charge is 2.23. The third-order valence-electron chi connectivity index (χ3n) is 4.71. The van der Waals surface area contributed by atoms with Gasteiger partial charge in [-0.3, -0.25) is 0 Å². The Morgan fingerprint density at radius 2 is 1.11 bits per heavy atom. The molecule has 0 amide bonds. The molecule has 28 heavy (non-hydrogen) atoms. The maximum absolute atomic E-state index is 12.0. The van der Waals surface area contributed by atoms with E-state index in [0.717, 1.165) is 11.1 Å². The van der Waals surface area contributed by atoms with E-state index in [1.807, 2.05) is 50.2 Å². The lowest BCUT2D eigenvalue weighted by Gasteiger charge is -2.19. The molecule has 146 valence electrons. The number of benzene rings is 3. The van der Waals surface area contributed by atoms with E-state index in [1.54, 1.807) is 0 Å². The average molecular weight is 382 g/mol. The number of ether oxygens (including phenoxy) is 4. The lowest BCUT2D eigenvalue weighted by molar-refractivity contribution is 0.120. The van der Waals surface area contributed by atoms with Crippen LogP contribution in [0.5, 0.6) is 11.5 Å². The monoisotopic (exact) mass is 382 g/mol. The Morgan fingerprint density at radius 1 is 0.714 bits per heavy atom. The SMILES string of the molecule is CCc1cccc2c(OC(=O)OC)c3c(CC)cccc3c(OC(=O)OC)c12. The largest absolute Gasteiger partial charge is 0.513 e. The standard InChI is InChI=1S/C22H22O6/c1-5-13-9-7-11-15-17(13)19(27-21(23)25-3)16-12-8-10-14(6-2)18(16)20(15)28-22(24)26-4/h7-12H,5-6H2,1-4H3. The Hall–Kier alpha value is -3.28. The van der Waals surface area contributed by atoms with E-state index in [-0.39, 0.29) is 0 Å². The molecular formula is C22H22O6. The second kappa shape index (κ2) is 8.17. The molecule has 0 bridgehead atoms. The minimum absolute atomic E-state index is 0.391. The summed E-state index contributed by atoms with van der Waals surface area (Å²) >= 11 is 0. The van der Waals surface area contributed by atoms with Crippen LogP contribution < -0.4 is 9.47 Å². The Labute approximate surface area is 162 Å². The predicted molar refractivity (Wildman–Crippen MR) is 106 cm³/mol. The molecule has 0 saturated heterocycles. The predicted octanol–water partition coefficient (Wildman–Crippen LogP) is 5.41. The van der Waals surface area contributed by atoms with Crippen molar-refractivity contribution in [3.8, 4) is 11.5 Å². The molecule has 0 spiro atoms. The molecule has 3 aromatic rings. The zero-order valence-electron chi connectivity index (χ0n) is 16.3. The van der Waals surface area contributed by atoms with Gasteiger partial charge in [-0.15, -0.1) is 0 Å². The zero-order valence-corrected chi connectivity index (χ0v) is 16.3.